The zero-order valence-electron chi connectivity index (χ0n) is 20.1. The number of rotatable bonds is 10. The minimum atomic E-state index is -0.559. The van der Waals surface area contributed by atoms with Crippen molar-refractivity contribution in [2.24, 2.45) is 5.73 Å². The lowest BCUT2D eigenvalue weighted by molar-refractivity contribution is -0.137. The van der Waals surface area contributed by atoms with Crippen LogP contribution in [0.1, 0.15) is 37.7 Å². The molecule has 0 radical (unpaired) electrons. The summed E-state index contributed by atoms with van der Waals surface area (Å²) in [6, 6.07) is 19.5. The molecule has 1 aliphatic carbocycles. The van der Waals surface area contributed by atoms with Gasteiger partial charge in [-0.05, 0) is 42.0 Å². The summed E-state index contributed by atoms with van der Waals surface area (Å²) >= 11 is 0. The number of amides is 2. The zero-order valence-corrected chi connectivity index (χ0v) is 20.1. The van der Waals surface area contributed by atoms with Crippen LogP contribution in [0, 0.1) is 0 Å². The summed E-state index contributed by atoms with van der Waals surface area (Å²) in [7, 11) is 1.54. The monoisotopic (exact) mass is 476 g/mol. The van der Waals surface area contributed by atoms with Crippen molar-refractivity contribution in [3.8, 4) is 17.2 Å². The Morgan fingerprint density at radius 1 is 0.886 bits per heavy atom. The van der Waals surface area contributed by atoms with Crippen molar-refractivity contribution < 1.29 is 23.8 Å². The molecular formula is C28H32N2O5. The van der Waals surface area contributed by atoms with Gasteiger partial charge in [0.15, 0.2) is 24.7 Å². The van der Waals surface area contributed by atoms with E-state index >= 15 is 0 Å². The molecule has 0 aromatic heterocycles. The van der Waals surface area contributed by atoms with E-state index in [-0.39, 0.29) is 25.2 Å². The smallest absolute Gasteiger partial charge is 0.261 e. The molecule has 7 heteroatoms. The first-order valence-corrected chi connectivity index (χ1v) is 12.0. The number of fused-ring (bicyclic) bond motifs is 1. The summed E-state index contributed by atoms with van der Waals surface area (Å²) in [5.74, 6) is 1.03. The molecule has 1 aliphatic rings. The highest BCUT2D eigenvalue weighted by molar-refractivity contribution is 5.88. The molecule has 2 N–H and O–H groups in total. The number of hydrogen-bond donors (Lipinski definition) is 1. The Bertz CT molecular complexity index is 1170. The maximum Gasteiger partial charge on any atom is 0.261 e. The van der Waals surface area contributed by atoms with Crippen LogP contribution in [0.15, 0.2) is 60.7 Å². The van der Waals surface area contributed by atoms with Crippen LogP contribution in [0.25, 0.3) is 10.8 Å². The van der Waals surface area contributed by atoms with Crippen LogP contribution in [0.3, 0.4) is 0 Å². The molecule has 0 saturated heterocycles. The minimum Gasteiger partial charge on any atom is -0.493 e. The van der Waals surface area contributed by atoms with E-state index in [1.54, 1.807) is 6.07 Å². The maximum absolute atomic E-state index is 13.4. The van der Waals surface area contributed by atoms with Crippen molar-refractivity contribution in [1.29, 1.82) is 0 Å². The molecule has 0 heterocycles. The largest absolute Gasteiger partial charge is 0.493 e. The van der Waals surface area contributed by atoms with Gasteiger partial charge in [-0.3, -0.25) is 9.59 Å². The molecular weight excluding hydrogens is 444 g/mol. The van der Waals surface area contributed by atoms with Crippen molar-refractivity contribution in [3.63, 3.8) is 0 Å². The van der Waals surface area contributed by atoms with E-state index in [0.29, 0.717) is 23.8 Å². The van der Waals surface area contributed by atoms with Crippen LogP contribution in [-0.2, 0) is 16.1 Å². The molecule has 3 aromatic carbocycles. The van der Waals surface area contributed by atoms with Gasteiger partial charge < -0.3 is 24.8 Å². The highest BCUT2D eigenvalue weighted by Gasteiger charge is 2.26. The fourth-order valence-corrected chi connectivity index (χ4v) is 4.63. The normalized spacial score (nSPS) is 13.9. The van der Waals surface area contributed by atoms with Crippen molar-refractivity contribution in [2.75, 3.05) is 20.3 Å². The minimum absolute atomic E-state index is 0.0263. The van der Waals surface area contributed by atoms with Crippen molar-refractivity contribution in [3.05, 3.63) is 66.2 Å². The second-order valence-electron chi connectivity index (χ2n) is 8.82. The predicted octanol–water partition coefficient (Wildman–Crippen LogP) is 4.45. The Labute approximate surface area is 205 Å². The number of hydrogen-bond acceptors (Lipinski definition) is 5. The lowest BCUT2D eigenvalue weighted by Crippen LogP contribution is -2.43. The number of benzene rings is 3. The summed E-state index contributed by atoms with van der Waals surface area (Å²) in [5.41, 5.74) is 6.10. The van der Waals surface area contributed by atoms with Crippen LogP contribution in [0.5, 0.6) is 17.2 Å². The third-order valence-electron chi connectivity index (χ3n) is 6.39. The summed E-state index contributed by atoms with van der Waals surface area (Å²) in [4.78, 5) is 26.5. The highest BCUT2D eigenvalue weighted by Crippen LogP contribution is 2.31. The Kier molecular flexibility index (Phi) is 8.08. The van der Waals surface area contributed by atoms with E-state index in [1.807, 2.05) is 59.5 Å². The Morgan fingerprint density at radius 2 is 1.63 bits per heavy atom. The predicted molar refractivity (Wildman–Crippen MR) is 135 cm³/mol. The highest BCUT2D eigenvalue weighted by atomic mass is 16.5. The molecule has 2 amide bonds. The summed E-state index contributed by atoms with van der Waals surface area (Å²) < 4.78 is 16.9. The molecule has 184 valence electrons. The van der Waals surface area contributed by atoms with E-state index in [2.05, 4.69) is 0 Å². The average Bonchev–Trinajstić information content (AvgIpc) is 2.89. The van der Waals surface area contributed by atoms with Gasteiger partial charge in [0.05, 0.1) is 7.11 Å². The molecule has 0 bridgehead atoms. The van der Waals surface area contributed by atoms with Crippen LogP contribution in [0.4, 0.5) is 0 Å². The first-order chi connectivity index (χ1) is 17.0. The molecule has 0 atom stereocenters. The molecule has 3 aromatic rings. The Balaban J connectivity index is 1.51. The van der Waals surface area contributed by atoms with Gasteiger partial charge >= 0.3 is 0 Å². The summed E-state index contributed by atoms with van der Waals surface area (Å²) in [6.45, 7) is 0.185. The number of nitrogens with zero attached hydrogens (tertiary/aromatic N) is 1. The summed E-state index contributed by atoms with van der Waals surface area (Å²) in [6.07, 6.45) is 5.39. The summed E-state index contributed by atoms with van der Waals surface area (Å²) in [5, 5.41) is 2.07. The zero-order chi connectivity index (χ0) is 24.6. The standard InChI is InChI=1S/C28H32N2O5/c1-33-26-16-20(14-15-25(26)34-18-27(29)31)17-30(22-10-3-2-4-11-22)28(32)19-35-24-13-7-9-21-8-5-6-12-23(21)24/h5-9,12-16,22H,2-4,10-11,17-19H2,1H3,(H2,29,31). The van der Waals surface area contributed by atoms with E-state index in [4.69, 9.17) is 19.9 Å². The molecule has 0 aliphatic heterocycles. The quantitative estimate of drug-likeness (QED) is 0.467. The van der Waals surface area contributed by atoms with Gasteiger partial charge in [0.1, 0.15) is 5.75 Å². The third kappa shape index (κ3) is 6.23. The molecule has 0 spiro atoms. The van der Waals surface area contributed by atoms with Gasteiger partial charge in [-0.1, -0.05) is 61.7 Å². The fraction of sp³-hybridized carbons (Fsp3) is 0.357. The number of methoxy groups -OCH3 is 1. The van der Waals surface area contributed by atoms with Crippen LogP contribution < -0.4 is 19.9 Å². The van der Waals surface area contributed by atoms with Gasteiger partial charge in [-0.25, -0.2) is 0 Å². The number of nitrogens with two attached hydrogens (primary N) is 1. The van der Waals surface area contributed by atoms with Gasteiger partial charge in [0, 0.05) is 18.0 Å². The third-order valence-corrected chi connectivity index (χ3v) is 6.39. The Hall–Kier alpha value is -3.74. The molecule has 1 fully saturated rings. The molecule has 1 saturated carbocycles. The first kappa shape index (κ1) is 24.4. The van der Waals surface area contributed by atoms with Gasteiger partial charge in [-0.2, -0.15) is 0 Å². The van der Waals surface area contributed by atoms with E-state index in [9.17, 15) is 9.59 Å². The molecule has 35 heavy (non-hydrogen) atoms. The van der Waals surface area contributed by atoms with Crippen molar-refractivity contribution in [2.45, 2.75) is 44.7 Å². The number of carbonyl (C=O) groups is 2. The average molecular weight is 477 g/mol. The van der Waals surface area contributed by atoms with Gasteiger partial charge in [0.25, 0.3) is 11.8 Å². The van der Waals surface area contributed by atoms with Crippen LogP contribution in [-0.4, -0.2) is 43.1 Å². The topological polar surface area (TPSA) is 91.1 Å². The number of primary amides is 1. The lowest BCUT2D eigenvalue weighted by Gasteiger charge is -2.34. The van der Waals surface area contributed by atoms with Crippen LogP contribution >= 0.6 is 0 Å². The molecule has 4 rings (SSSR count). The molecule has 7 nitrogen and oxygen atoms in total. The van der Waals surface area contributed by atoms with Crippen molar-refractivity contribution >= 4 is 22.6 Å². The second kappa shape index (κ2) is 11.6. The SMILES string of the molecule is COc1cc(CN(C(=O)COc2cccc3ccccc23)C2CCCCC2)ccc1OCC(N)=O. The Morgan fingerprint density at radius 3 is 2.40 bits per heavy atom. The fourth-order valence-electron chi connectivity index (χ4n) is 4.63. The van der Waals surface area contributed by atoms with Gasteiger partial charge in [-0.15, -0.1) is 0 Å². The van der Waals surface area contributed by atoms with Crippen molar-refractivity contribution in [1.82, 2.24) is 4.90 Å². The maximum atomic E-state index is 13.4. The molecule has 0 unspecified atom stereocenters. The van der Waals surface area contributed by atoms with Crippen LogP contribution in [0.2, 0.25) is 0 Å². The van der Waals surface area contributed by atoms with E-state index < -0.39 is 5.91 Å². The van der Waals surface area contributed by atoms with E-state index in [0.717, 1.165) is 42.0 Å². The number of ether oxygens (including phenoxy) is 3. The first-order valence-electron chi connectivity index (χ1n) is 12.0. The van der Waals surface area contributed by atoms with Gasteiger partial charge in [0.2, 0.25) is 0 Å². The number of carbonyl (C=O) groups excluding carboxylic acids is 2. The second-order valence-corrected chi connectivity index (χ2v) is 8.82. The van der Waals surface area contributed by atoms with E-state index in [1.165, 1.54) is 13.5 Å². The lowest BCUT2D eigenvalue weighted by atomic mass is 9.93.